The maximum atomic E-state index is 13.4. The van der Waals surface area contributed by atoms with E-state index in [-0.39, 0.29) is 11.9 Å². The van der Waals surface area contributed by atoms with Gasteiger partial charge in [0.2, 0.25) is 0 Å². The Morgan fingerprint density at radius 3 is 2.60 bits per heavy atom. The first kappa shape index (κ1) is 19.5. The number of carbonyl (C=O) groups excluding carboxylic acids is 1. The summed E-state index contributed by atoms with van der Waals surface area (Å²) in [4.78, 5) is 15.3. The van der Waals surface area contributed by atoms with Gasteiger partial charge in [0.05, 0.1) is 28.2 Å². The molecule has 0 radical (unpaired) electrons. The molecule has 0 bridgehead atoms. The zero-order chi connectivity index (χ0) is 20.7. The molecule has 1 amide bonds. The summed E-state index contributed by atoms with van der Waals surface area (Å²) in [6.45, 7) is 1.42. The van der Waals surface area contributed by atoms with Crippen LogP contribution >= 0.6 is 23.2 Å². The minimum Gasteiger partial charge on any atom is -0.380 e. The van der Waals surface area contributed by atoms with Crippen molar-refractivity contribution < 1.29 is 4.79 Å². The van der Waals surface area contributed by atoms with Gasteiger partial charge in [-0.3, -0.25) is 4.79 Å². The number of benzene rings is 2. The molecule has 2 aromatic carbocycles. The van der Waals surface area contributed by atoms with Crippen molar-refractivity contribution in [3.05, 3.63) is 76.0 Å². The average molecular weight is 441 g/mol. The van der Waals surface area contributed by atoms with Gasteiger partial charge in [0.15, 0.2) is 0 Å². The molecule has 2 fully saturated rings. The third-order valence-corrected chi connectivity index (χ3v) is 6.30. The normalized spacial score (nSPS) is 18.6. The molecule has 2 heterocycles. The van der Waals surface area contributed by atoms with Crippen LogP contribution in [0.15, 0.2) is 54.7 Å². The fourth-order valence-corrected chi connectivity index (χ4v) is 4.61. The minimum atomic E-state index is 0.0468. The predicted molar refractivity (Wildman–Crippen MR) is 120 cm³/mol. The highest BCUT2D eigenvalue weighted by Crippen LogP contribution is 2.43. The highest BCUT2D eigenvalue weighted by molar-refractivity contribution is 6.35. The Hall–Kier alpha value is -2.50. The molecule has 5 nitrogen and oxygen atoms in total. The molecule has 1 aliphatic heterocycles. The van der Waals surface area contributed by atoms with Crippen molar-refractivity contribution in [2.75, 3.05) is 18.4 Å². The number of halogens is 2. The summed E-state index contributed by atoms with van der Waals surface area (Å²) < 4.78 is 1.82. The van der Waals surface area contributed by atoms with Crippen molar-refractivity contribution >= 4 is 34.8 Å². The SMILES string of the molecule is O=C(c1cnn(-c2ccc(Cl)cc2Cl)c1C1CC1)N1CCC(Nc2ccccc2)C1. The Balaban J connectivity index is 1.38. The lowest BCUT2D eigenvalue weighted by molar-refractivity contribution is 0.0790. The maximum absolute atomic E-state index is 13.4. The summed E-state index contributed by atoms with van der Waals surface area (Å²) in [6, 6.07) is 15.7. The Labute approximate surface area is 185 Å². The molecule has 1 aromatic heterocycles. The van der Waals surface area contributed by atoms with E-state index in [9.17, 15) is 4.79 Å². The number of carbonyl (C=O) groups is 1. The van der Waals surface area contributed by atoms with Crippen LogP contribution in [0.2, 0.25) is 10.0 Å². The number of likely N-dealkylation sites (tertiary alicyclic amines) is 1. The zero-order valence-corrected chi connectivity index (χ0v) is 17.9. The van der Waals surface area contributed by atoms with Crippen LogP contribution in [0.25, 0.3) is 5.69 Å². The van der Waals surface area contributed by atoms with Crippen molar-refractivity contribution in [2.45, 2.75) is 31.2 Å². The van der Waals surface area contributed by atoms with Gasteiger partial charge in [-0.15, -0.1) is 0 Å². The van der Waals surface area contributed by atoms with Gasteiger partial charge >= 0.3 is 0 Å². The van der Waals surface area contributed by atoms with Gasteiger partial charge in [0.25, 0.3) is 5.91 Å². The Morgan fingerprint density at radius 2 is 1.87 bits per heavy atom. The van der Waals surface area contributed by atoms with E-state index < -0.39 is 0 Å². The monoisotopic (exact) mass is 440 g/mol. The highest BCUT2D eigenvalue weighted by atomic mass is 35.5. The maximum Gasteiger partial charge on any atom is 0.257 e. The molecule has 1 saturated heterocycles. The fourth-order valence-electron chi connectivity index (χ4n) is 4.12. The van der Waals surface area contributed by atoms with Crippen LogP contribution in [-0.2, 0) is 0 Å². The summed E-state index contributed by atoms with van der Waals surface area (Å²) in [5.41, 5.74) is 3.49. The Bertz CT molecular complexity index is 1080. The van der Waals surface area contributed by atoms with E-state index in [4.69, 9.17) is 23.2 Å². The summed E-state index contributed by atoms with van der Waals surface area (Å²) in [5, 5.41) is 9.17. The van der Waals surface area contributed by atoms with Gasteiger partial charge in [-0.05, 0) is 49.6 Å². The number of para-hydroxylation sites is 1. The molecular formula is C23H22Cl2N4O. The van der Waals surface area contributed by atoms with E-state index in [0.717, 1.165) is 42.9 Å². The lowest BCUT2D eigenvalue weighted by Crippen LogP contribution is -2.32. The quantitative estimate of drug-likeness (QED) is 0.578. The summed E-state index contributed by atoms with van der Waals surface area (Å²) in [5.74, 6) is 0.393. The number of rotatable bonds is 5. The molecule has 7 heteroatoms. The second kappa shape index (κ2) is 7.97. The highest BCUT2D eigenvalue weighted by Gasteiger charge is 2.36. The molecule has 1 N–H and O–H groups in total. The van der Waals surface area contributed by atoms with Crippen molar-refractivity contribution in [1.29, 1.82) is 0 Å². The fraction of sp³-hybridized carbons (Fsp3) is 0.304. The van der Waals surface area contributed by atoms with Crippen molar-refractivity contribution in [3.63, 3.8) is 0 Å². The number of hydrogen-bond acceptors (Lipinski definition) is 3. The van der Waals surface area contributed by atoms with Crippen molar-refractivity contribution in [1.82, 2.24) is 14.7 Å². The van der Waals surface area contributed by atoms with Crippen LogP contribution in [-0.4, -0.2) is 39.7 Å². The van der Waals surface area contributed by atoms with Gasteiger partial charge in [-0.25, -0.2) is 4.68 Å². The van der Waals surface area contributed by atoms with Crippen LogP contribution < -0.4 is 5.32 Å². The molecule has 1 aliphatic carbocycles. The third-order valence-electron chi connectivity index (χ3n) is 5.76. The lowest BCUT2D eigenvalue weighted by Gasteiger charge is -2.18. The van der Waals surface area contributed by atoms with Crippen LogP contribution in [0.5, 0.6) is 0 Å². The number of nitrogens with zero attached hydrogens (tertiary/aromatic N) is 3. The van der Waals surface area contributed by atoms with E-state index in [1.807, 2.05) is 33.8 Å². The lowest BCUT2D eigenvalue weighted by atomic mass is 10.1. The Morgan fingerprint density at radius 1 is 1.07 bits per heavy atom. The van der Waals surface area contributed by atoms with Crippen molar-refractivity contribution in [3.8, 4) is 5.69 Å². The predicted octanol–water partition coefficient (Wildman–Crippen LogP) is 5.38. The molecule has 5 rings (SSSR count). The first-order valence-electron chi connectivity index (χ1n) is 10.2. The van der Waals surface area contributed by atoms with Crippen molar-refractivity contribution in [2.24, 2.45) is 0 Å². The van der Waals surface area contributed by atoms with E-state index in [2.05, 4.69) is 22.5 Å². The average Bonchev–Trinajstić information content (AvgIpc) is 3.31. The van der Waals surface area contributed by atoms with Crippen LogP contribution in [0.1, 0.15) is 41.2 Å². The number of nitrogens with one attached hydrogen (secondary N) is 1. The molecule has 2 aliphatic rings. The summed E-state index contributed by atoms with van der Waals surface area (Å²) in [7, 11) is 0. The van der Waals surface area contributed by atoms with Crippen LogP contribution in [0.3, 0.4) is 0 Å². The van der Waals surface area contributed by atoms with Crippen LogP contribution in [0.4, 0.5) is 5.69 Å². The van der Waals surface area contributed by atoms with E-state index in [0.29, 0.717) is 28.1 Å². The van der Waals surface area contributed by atoms with Crippen LogP contribution in [0, 0.1) is 0 Å². The standard InChI is InChI=1S/C23H22Cl2N4O/c24-16-8-9-21(20(25)12-16)29-22(15-6-7-15)19(13-26-29)23(30)28-11-10-18(14-28)27-17-4-2-1-3-5-17/h1-5,8-9,12-13,15,18,27H,6-7,10-11,14H2. The minimum absolute atomic E-state index is 0.0468. The first-order chi connectivity index (χ1) is 14.6. The molecule has 1 atom stereocenters. The van der Waals surface area contributed by atoms with Gasteiger partial charge in [0.1, 0.15) is 0 Å². The Kier molecular flexibility index (Phi) is 5.17. The second-order valence-corrected chi connectivity index (χ2v) is 8.82. The molecule has 3 aromatic rings. The summed E-state index contributed by atoms with van der Waals surface area (Å²) >= 11 is 12.5. The molecule has 154 valence electrons. The number of anilines is 1. The third kappa shape index (κ3) is 3.80. The largest absolute Gasteiger partial charge is 0.380 e. The molecule has 1 saturated carbocycles. The van der Waals surface area contributed by atoms with E-state index in [1.165, 1.54) is 0 Å². The smallest absolute Gasteiger partial charge is 0.257 e. The molecule has 1 unspecified atom stereocenters. The van der Waals surface area contributed by atoms with Gasteiger partial charge in [0, 0.05) is 35.8 Å². The molecular weight excluding hydrogens is 419 g/mol. The van der Waals surface area contributed by atoms with Gasteiger partial charge in [-0.2, -0.15) is 5.10 Å². The number of aromatic nitrogens is 2. The molecule has 0 spiro atoms. The zero-order valence-electron chi connectivity index (χ0n) is 16.4. The van der Waals surface area contributed by atoms with E-state index >= 15 is 0 Å². The number of hydrogen-bond donors (Lipinski definition) is 1. The van der Waals surface area contributed by atoms with Gasteiger partial charge < -0.3 is 10.2 Å². The topological polar surface area (TPSA) is 50.2 Å². The second-order valence-electron chi connectivity index (χ2n) is 7.97. The summed E-state index contributed by atoms with van der Waals surface area (Å²) in [6.07, 6.45) is 4.75. The van der Waals surface area contributed by atoms with Gasteiger partial charge in [-0.1, -0.05) is 41.4 Å². The van der Waals surface area contributed by atoms with E-state index in [1.54, 1.807) is 18.3 Å². The number of amides is 1. The molecule has 30 heavy (non-hydrogen) atoms. The first-order valence-corrected chi connectivity index (χ1v) is 11.0.